The van der Waals surface area contributed by atoms with E-state index in [1.165, 1.54) is 0 Å². The van der Waals surface area contributed by atoms with Crippen molar-refractivity contribution in [3.8, 4) is 0 Å². The third-order valence-corrected chi connectivity index (χ3v) is 3.50. The van der Waals surface area contributed by atoms with E-state index in [-0.39, 0.29) is 12.6 Å². The van der Waals surface area contributed by atoms with Gasteiger partial charge in [-0.25, -0.2) is 4.79 Å². The highest BCUT2D eigenvalue weighted by Crippen LogP contribution is 2.28. The number of aliphatic hydroxyl groups is 1. The Kier molecular flexibility index (Phi) is 3.81. The van der Waals surface area contributed by atoms with Gasteiger partial charge in [0, 0.05) is 25.5 Å². The zero-order chi connectivity index (χ0) is 13.0. The van der Waals surface area contributed by atoms with Crippen LogP contribution < -0.4 is 5.32 Å². The standard InChI is InChI=1S/C13H19N3O2/c1-13(10-17)5-3-7-16(13)12(18)15-9-11-4-2-6-14-8-11/h2,4,6,8,17H,3,5,7,9-10H2,1H3,(H,15,18)/t13-/m0/s1. The Morgan fingerprint density at radius 1 is 1.67 bits per heavy atom. The molecule has 2 heterocycles. The molecule has 0 bridgehead atoms. The number of pyridine rings is 1. The van der Waals surface area contributed by atoms with Crippen molar-refractivity contribution in [3.63, 3.8) is 0 Å². The lowest BCUT2D eigenvalue weighted by Gasteiger charge is -2.33. The van der Waals surface area contributed by atoms with Crippen molar-refractivity contribution in [2.75, 3.05) is 13.2 Å². The largest absolute Gasteiger partial charge is 0.394 e. The van der Waals surface area contributed by atoms with Crippen molar-refractivity contribution in [2.45, 2.75) is 31.8 Å². The number of hydrogen-bond donors (Lipinski definition) is 2. The van der Waals surface area contributed by atoms with Crippen LogP contribution in [0.4, 0.5) is 4.79 Å². The number of carbonyl (C=O) groups excluding carboxylic acids is 1. The number of amides is 2. The number of aliphatic hydroxyl groups excluding tert-OH is 1. The molecule has 1 saturated heterocycles. The van der Waals surface area contributed by atoms with Gasteiger partial charge in [-0.15, -0.1) is 0 Å². The highest BCUT2D eigenvalue weighted by Gasteiger charge is 2.38. The maximum absolute atomic E-state index is 12.1. The van der Waals surface area contributed by atoms with Crippen LogP contribution in [0.3, 0.4) is 0 Å². The molecule has 98 valence electrons. The topological polar surface area (TPSA) is 65.5 Å². The Bertz CT molecular complexity index is 410. The summed E-state index contributed by atoms with van der Waals surface area (Å²) in [5.41, 5.74) is 0.551. The summed E-state index contributed by atoms with van der Waals surface area (Å²) in [6, 6.07) is 3.64. The number of carbonyl (C=O) groups is 1. The molecule has 1 fully saturated rings. The van der Waals surface area contributed by atoms with Crippen molar-refractivity contribution in [2.24, 2.45) is 0 Å². The molecule has 2 rings (SSSR count). The Labute approximate surface area is 107 Å². The molecule has 1 aromatic rings. The van der Waals surface area contributed by atoms with Gasteiger partial charge in [-0.3, -0.25) is 4.98 Å². The average Bonchev–Trinajstić information content (AvgIpc) is 2.80. The third kappa shape index (κ3) is 2.61. The predicted molar refractivity (Wildman–Crippen MR) is 67.9 cm³/mol. The van der Waals surface area contributed by atoms with Gasteiger partial charge >= 0.3 is 6.03 Å². The first-order chi connectivity index (χ1) is 8.65. The van der Waals surface area contributed by atoms with Gasteiger partial charge in [0.2, 0.25) is 0 Å². The SMILES string of the molecule is C[C@@]1(CO)CCCN1C(=O)NCc1cccnc1. The van der Waals surface area contributed by atoms with Crippen LogP contribution >= 0.6 is 0 Å². The Hall–Kier alpha value is -1.62. The summed E-state index contributed by atoms with van der Waals surface area (Å²) in [5.74, 6) is 0. The molecule has 18 heavy (non-hydrogen) atoms. The number of nitrogens with zero attached hydrogens (tertiary/aromatic N) is 2. The minimum absolute atomic E-state index is 0.00725. The summed E-state index contributed by atoms with van der Waals surface area (Å²) < 4.78 is 0. The van der Waals surface area contributed by atoms with E-state index in [2.05, 4.69) is 10.3 Å². The first-order valence-electron chi connectivity index (χ1n) is 6.21. The van der Waals surface area contributed by atoms with Gasteiger partial charge in [-0.1, -0.05) is 6.07 Å². The number of aromatic nitrogens is 1. The molecule has 1 aliphatic heterocycles. The summed E-state index contributed by atoms with van der Waals surface area (Å²) in [6.07, 6.45) is 5.23. The van der Waals surface area contributed by atoms with E-state index in [0.29, 0.717) is 13.1 Å². The lowest BCUT2D eigenvalue weighted by atomic mass is 10.0. The van der Waals surface area contributed by atoms with Crippen LogP contribution in [0.1, 0.15) is 25.3 Å². The molecular formula is C13H19N3O2. The van der Waals surface area contributed by atoms with Gasteiger partial charge in [0.1, 0.15) is 0 Å². The lowest BCUT2D eigenvalue weighted by Crippen LogP contribution is -2.51. The van der Waals surface area contributed by atoms with Gasteiger partial charge in [-0.2, -0.15) is 0 Å². The van der Waals surface area contributed by atoms with Crippen molar-refractivity contribution in [3.05, 3.63) is 30.1 Å². The Balaban J connectivity index is 1.92. The predicted octanol–water partition coefficient (Wildman–Crippen LogP) is 1.14. The number of rotatable bonds is 3. The molecule has 1 aliphatic rings. The highest BCUT2D eigenvalue weighted by molar-refractivity contribution is 5.75. The summed E-state index contributed by atoms with van der Waals surface area (Å²) in [5, 5.41) is 12.3. The molecule has 0 spiro atoms. The van der Waals surface area contributed by atoms with E-state index in [1.807, 2.05) is 19.1 Å². The minimum Gasteiger partial charge on any atom is -0.394 e. The molecule has 0 aliphatic carbocycles. The second-order valence-corrected chi connectivity index (χ2v) is 4.93. The van der Waals surface area contributed by atoms with Crippen molar-refractivity contribution < 1.29 is 9.90 Å². The maximum Gasteiger partial charge on any atom is 0.318 e. The molecule has 2 N–H and O–H groups in total. The number of urea groups is 1. The van der Waals surface area contributed by atoms with Crippen LogP contribution in [0.25, 0.3) is 0 Å². The fourth-order valence-corrected chi connectivity index (χ4v) is 2.31. The monoisotopic (exact) mass is 249 g/mol. The Morgan fingerprint density at radius 3 is 3.17 bits per heavy atom. The van der Waals surface area contributed by atoms with Crippen molar-refractivity contribution in [1.82, 2.24) is 15.2 Å². The first kappa shape index (κ1) is 12.8. The van der Waals surface area contributed by atoms with E-state index in [4.69, 9.17) is 0 Å². The minimum atomic E-state index is -0.418. The second kappa shape index (κ2) is 5.35. The van der Waals surface area contributed by atoms with Crippen molar-refractivity contribution in [1.29, 1.82) is 0 Å². The normalized spacial score (nSPS) is 23.1. The molecule has 0 aromatic carbocycles. The zero-order valence-electron chi connectivity index (χ0n) is 10.6. The van der Waals surface area contributed by atoms with Crippen LogP contribution in [-0.4, -0.2) is 39.7 Å². The Morgan fingerprint density at radius 2 is 2.50 bits per heavy atom. The highest BCUT2D eigenvalue weighted by atomic mass is 16.3. The van der Waals surface area contributed by atoms with Gasteiger partial charge in [-0.05, 0) is 31.4 Å². The number of likely N-dealkylation sites (tertiary alicyclic amines) is 1. The molecule has 0 saturated carbocycles. The molecule has 0 unspecified atom stereocenters. The summed E-state index contributed by atoms with van der Waals surface area (Å²) in [7, 11) is 0. The molecule has 5 nitrogen and oxygen atoms in total. The van der Waals surface area contributed by atoms with Gasteiger partial charge in [0.15, 0.2) is 0 Å². The number of nitrogens with one attached hydrogen (secondary N) is 1. The molecule has 1 atom stereocenters. The summed E-state index contributed by atoms with van der Waals surface area (Å²) in [4.78, 5) is 17.8. The fraction of sp³-hybridized carbons (Fsp3) is 0.538. The second-order valence-electron chi connectivity index (χ2n) is 4.93. The first-order valence-corrected chi connectivity index (χ1v) is 6.21. The molecule has 2 amide bonds. The smallest absolute Gasteiger partial charge is 0.318 e. The van der Waals surface area contributed by atoms with E-state index in [0.717, 1.165) is 18.4 Å². The van der Waals surface area contributed by atoms with E-state index < -0.39 is 5.54 Å². The van der Waals surface area contributed by atoms with Crippen LogP contribution in [0, 0.1) is 0 Å². The summed E-state index contributed by atoms with van der Waals surface area (Å²) in [6.45, 7) is 3.09. The zero-order valence-corrected chi connectivity index (χ0v) is 10.6. The van der Waals surface area contributed by atoms with Gasteiger partial charge < -0.3 is 15.3 Å². The maximum atomic E-state index is 12.1. The van der Waals surface area contributed by atoms with E-state index >= 15 is 0 Å². The van der Waals surface area contributed by atoms with Crippen LogP contribution in [0.2, 0.25) is 0 Å². The van der Waals surface area contributed by atoms with E-state index in [9.17, 15) is 9.90 Å². The summed E-state index contributed by atoms with van der Waals surface area (Å²) >= 11 is 0. The van der Waals surface area contributed by atoms with Gasteiger partial charge in [0.25, 0.3) is 0 Å². The van der Waals surface area contributed by atoms with Crippen molar-refractivity contribution >= 4 is 6.03 Å². The molecule has 1 aromatic heterocycles. The number of hydrogen-bond acceptors (Lipinski definition) is 3. The lowest BCUT2D eigenvalue weighted by molar-refractivity contribution is 0.0973. The van der Waals surface area contributed by atoms with E-state index in [1.54, 1.807) is 17.3 Å². The average molecular weight is 249 g/mol. The molecular weight excluding hydrogens is 230 g/mol. The quantitative estimate of drug-likeness (QED) is 0.844. The van der Waals surface area contributed by atoms with Crippen LogP contribution in [0.15, 0.2) is 24.5 Å². The van der Waals surface area contributed by atoms with Gasteiger partial charge in [0.05, 0.1) is 12.1 Å². The van der Waals surface area contributed by atoms with Crippen LogP contribution in [0.5, 0.6) is 0 Å². The molecule has 0 radical (unpaired) electrons. The third-order valence-electron chi connectivity index (χ3n) is 3.50. The molecule has 5 heteroatoms. The fourth-order valence-electron chi connectivity index (χ4n) is 2.31. The van der Waals surface area contributed by atoms with Crippen LogP contribution in [-0.2, 0) is 6.54 Å².